The highest BCUT2D eigenvalue weighted by atomic mass is 19.4. The first-order valence-corrected chi connectivity index (χ1v) is 4.68. The number of nitrogens with one attached hydrogen (secondary N) is 1. The lowest BCUT2D eigenvalue weighted by Crippen LogP contribution is -2.06. The zero-order valence-electron chi connectivity index (χ0n) is 8.45. The second-order valence-electron chi connectivity index (χ2n) is 3.40. The molecule has 17 heavy (non-hydrogen) atoms. The van der Waals surface area contributed by atoms with Gasteiger partial charge in [-0.2, -0.15) is 13.2 Å². The lowest BCUT2D eigenvalue weighted by Gasteiger charge is -2.07. The van der Waals surface area contributed by atoms with Crippen LogP contribution in [0.2, 0.25) is 0 Å². The van der Waals surface area contributed by atoms with E-state index >= 15 is 0 Å². The number of nitrogens with zero attached hydrogens (tertiary/aromatic N) is 1. The Morgan fingerprint density at radius 2 is 1.94 bits per heavy atom. The van der Waals surface area contributed by atoms with Gasteiger partial charge in [0.25, 0.3) is 0 Å². The zero-order valence-corrected chi connectivity index (χ0v) is 8.45. The Morgan fingerprint density at radius 1 is 1.18 bits per heavy atom. The van der Waals surface area contributed by atoms with Crippen LogP contribution in [0.25, 0.3) is 11.3 Å². The highest BCUT2D eigenvalue weighted by Crippen LogP contribution is 2.30. The van der Waals surface area contributed by atoms with E-state index in [1.54, 1.807) is 0 Å². The van der Waals surface area contributed by atoms with Gasteiger partial charge in [0.05, 0.1) is 11.3 Å². The zero-order chi connectivity index (χ0) is 12.5. The van der Waals surface area contributed by atoms with Gasteiger partial charge in [-0.25, -0.2) is 0 Å². The van der Waals surface area contributed by atoms with E-state index in [0.717, 1.165) is 12.3 Å². The number of aromatic amines is 1. The van der Waals surface area contributed by atoms with Crippen molar-refractivity contribution in [2.75, 3.05) is 0 Å². The van der Waals surface area contributed by atoms with Crippen molar-refractivity contribution in [3.05, 3.63) is 52.6 Å². The summed E-state index contributed by atoms with van der Waals surface area (Å²) in [6.45, 7) is 0. The minimum Gasteiger partial charge on any atom is -0.361 e. The molecule has 0 amide bonds. The molecule has 1 N–H and O–H groups in total. The fourth-order valence-corrected chi connectivity index (χ4v) is 1.35. The van der Waals surface area contributed by atoms with Crippen molar-refractivity contribution in [1.29, 1.82) is 0 Å². The molecule has 0 saturated heterocycles. The standard InChI is InChI=1S/C11H7F3N2O/c12-11(13,14)8-3-7(5-15-6-8)10-4-9(17)1-2-16-10/h1-6H,(H,16,17). The highest BCUT2D eigenvalue weighted by Gasteiger charge is 2.31. The maximum absolute atomic E-state index is 12.5. The van der Waals surface area contributed by atoms with Gasteiger partial charge in [0, 0.05) is 36.3 Å². The SMILES string of the molecule is O=c1cc[nH]c(-c2cncc(C(F)(F)F)c2)c1. The Hall–Kier alpha value is -2.11. The summed E-state index contributed by atoms with van der Waals surface area (Å²) in [5.41, 5.74) is -0.607. The quantitative estimate of drug-likeness (QED) is 0.832. The predicted molar refractivity (Wildman–Crippen MR) is 55.3 cm³/mol. The summed E-state index contributed by atoms with van der Waals surface area (Å²) in [6, 6.07) is 3.44. The first-order chi connectivity index (χ1) is 7.97. The van der Waals surface area contributed by atoms with Gasteiger partial charge in [-0.1, -0.05) is 0 Å². The Morgan fingerprint density at radius 3 is 2.59 bits per heavy atom. The number of aromatic nitrogens is 2. The summed E-state index contributed by atoms with van der Waals surface area (Å²) in [6.07, 6.45) is -1.07. The number of alkyl halides is 3. The number of rotatable bonds is 1. The van der Waals surface area contributed by atoms with Gasteiger partial charge < -0.3 is 4.98 Å². The molecule has 2 heterocycles. The number of hydrogen-bond donors (Lipinski definition) is 1. The first kappa shape index (κ1) is 11.4. The van der Waals surface area contributed by atoms with Crippen molar-refractivity contribution in [3.63, 3.8) is 0 Å². The summed E-state index contributed by atoms with van der Waals surface area (Å²) < 4.78 is 37.4. The third kappa shape index (κ3) is 2.52. The van der Waals surface area contributed by atoms with E-state index in [-0.39, 0.29) is 11.0 Å². The highest BCUT2D eigenvalue weighted by molar-refractivity contribution is 5.58. The molecule has 2 aromatic heterocycles. The average molecular weight is 240 g/mol. The van der Waals surface area contributed by atoms with Crippen molar-refractivity contribution in [2.45, 2.75) is 6.18 Å². The van der Waals surface area contributed by atoms with Crippen LogP contribution in [0.1, 0.15) is 5.56 Å². The molecular weight excluding hydrogens is 233 g/mol. The molecule has 0 atom stereocenters. The minimum absolute atomic E-state index is 0.220. The van der Waals surface area contributed by atoms with E-state index in [1.807, 2.05) is 0 Å². The van der Waals surface area contributed by atoms with Gasteiger partial charge in [0.15, 0.2) is 5.43 Å². The largest absolute Gasteiger partial charge is 0.417 e. The van der Waals surface area contributed by atoms with Crippen LogP contribution in [0.5, 0.6) is 0 Å². The van der Waals surface area contributed by atoms with Crippen LogP contribution >= 0.6 is 0 Å². The lowest BCUT2D eigenvalue weighted by molar-refractivity contribution is -0.137. The summed E-state index contributed by atoms with van der Waals surface area (Å²) in [7, 11) is 0. The molecule has 0 spiro atoms. The Balaban J connectivity index is 2.51. The van der Waals surface area contributed by atoms with Crippen molar-refractivity contribution >= 4 is 0 Å². The van der Waals surface area contributed by atoms with Crippen LogP contribution in [0, 0.1) is 0 Å². The Kier molecular flexibility index (Phi) is 2.71. The van der Waals surface area contributed by atoms with E-state index in [0.29, 0.717) is 5.69 Å². The number of hydrogen-bond acceptors (Lipinski definition) is 2. The van der Waals surface area contributed by atoms with Gasteiger partial charge in [-0.05, 0) is 6.07 Å². The summed E-state index contributed by atoms with van der Waals surface area (Å²) in [4.78, 5) is 17.3. The molecule has 88 valence electrons. The molecule has 0 aliphatic carbocycles. The van der Waals surface area contributed by atoms with Gasteiger partial charge in [-0.3, -0.25) is 9.78 Å². The number of halogens is 3. The molecule has 0 saturated carbocycles. The molecule has 0 aliphatic heterocycles. The van der Waals surface area contributed by atoms with Crippen LogP contribution in [-0.2, 0) is 6.18 Å². The molecule has 2 rings (SSSR count). The van der Waals surface area contributed by atoms with E-state index in [9.17, 15) is 18.0 Å². The normalized spacial score (nSPS) is 11.5. The lowest BCUT2D eigenvalue weighted by atomic mass is 10.1. The fourth-order valence-electron chi connectivity index (χ4n) is 1.35. The van der Waals surface area contributed by atoms with Crippen LogP contribution in [-0.4, -0.2) is 9.97 Å². The van der Waals surface area contributed by atoms with Gasteiger partial charge in [0.1, 0.15) is 0 Å². The van der Waals surface area contributed by atoms with E-state index in [1.165, 1.54) is 24.5 Å². The van der Waals surface area contributed by atoms with Crippen molar-refractivity contribution < 1.29 is 13.2 Å². The third-order valence-electron chi connectivity index (χ3n) is 2.15. The second-order valence-corrected chi connectivity index (χ2v) is 3.40. The summed E-state index contributed by atoms with van der Waals surface area (Å²) in [5, 5.41) is 0. The second kappa shape index (κ2) is 4.04. The van der Waals surface area contributed by atoms with Crippen molar-refractivity contribution in [1.82, 2.24) is 9.97 Å². The molecule has 2 aromatic rings. The molecular formula is C11H7F3N2O. The van der Waals surface area contributed by atoms with Crippen LogP contribution in [0.3, 0.4) is 0 Å². The Bertz CT molecular complexity index is 590. The van der Waals surface area contributed by atoms with E-state index < -0.39 is 11.7 Å². The molecule has 0 fully saturated rings. The van der Waals surface area contributed by atoms with E-state index in [4.69, 9.17) is 0 Å². The van der Waals surface area contributed by atoms with Crippen LogP contribution in [0.4, 0.5) is 13.2 Å². The molecule has 0 radical (unpaired) electrons. The van der Waals surface area contributed by atoms with Gasteiger partial charge >= 0.3 is 6.18 Å². The average Bonchev–Trinajstić information content (AvgIpc) is 2.28. The van der Waals surface area contributed by atoms with Crippen LogP contribution in [0.15, 0.2) is 41.6 Å². The minimum atomic E-state index is -4.45. The third-order valence-corrected chi connectivity index (χ3v) is 2.15. The van der Waals surface area contributed by atoms with Gasteiger partial charge in [0.2, 0.25) is 0 Å². The van der Waals surface area contributed by atoms with Crippen LogP contribution < -0.4 is 5.43 Å². The smallest absolute Gasteiger partial charge is 0.361 e. The number of H-pyrrole nitrogens is 1. The van der Waals surface area contributed by atoms with Crippen molar-refractivity contribution in [2.24, 2.45) is 0 Å². The summed E-state index contributed by atoms with van der Waals surface area (Å²) >= 11 is 0. The molecule has 6 heteroatoms. The summed E-state index contributed by atoms with van der Waals surface area (Å²) in [5.74, 6) is 0. The molecule has 0 bridgehead atoms. The van der Waals surface area contributed by atoms with E-state index in [2.05, 4.69) is 9.97 Å². The first-order valence-electron chi connectivity index (χ1n) is 4.68. The van der Waals surface area contributed by atoms with Gasteiger partial charge in [-0.15, -0.1) is 0 Å². The maximum atomic E-state index is 12.5. The predicted octanol–water partition coefficient (Wildman–Crippen LogP) is 2.46. The Labute approximate surface area is 94.0 Å². The maximum Gasteiger partial charge on any atom is 0.417 e. The molecule has 0 aliphatic rings. The molecule has 3 nitrogen and oxygen atoms in total. The van der Waals surface area contributed by atoms with Crippen molar-refractivity contribution in [3.8, 4) is 11.3 Å². The monoisotopic (exact) mass is 240 g/mol. The molecule has 0 aromatic carbocycles. The molecule has 0 unspecified atom stereocenters. The fraction of sp³-hybridized carbons (Fsp3) is 0.0909. The topological polar surface area (TPSA) is 45.8 Å². The number of pyridine rings is 2.